The molecule has 0 bridgehead atoms. The average molecular weight is 303 g/mol. The summed E-state index contributed by atoms with van der Waals surface area (Å²) in [5, 5.41) is 4.06. The molecule has 2 aromatic rings. The van der Waals surface area contributed by atoms with E-state index in [1.54, 1.807) is 0 Å². The van der Waals surface area contributed by atoms with E-state index in [9.17, 15) is 0 Å². The maximum atomic E-state index is 5.94. The number of furan rings is 1. The highest BCUT2D eigenvalue weighted by molar-refractivity contribution is 5.17. The van der Waals surface area contributed by atoms with Crippen molar-refractivity contribution in [1.29, 1.82) is 0 Å². The van der Waals surface area contributed by atoms with Gasteiger partial charge in [-0.05, 0) is 31.5 Å². The van der Waals surface area contributed by atoms with Crippen LogP contribution in [0.15, 0.2) is 21.1 Å². The van der Waals surface area contributed by atoms with Crippen LogP contribution >= 0.6 is 0 Å². The van der Waals surface area contributed by atoms with Gasteiger partial charge in [0.25, 0.3) is 0 Å². The summed E-state index contributed by atoms with van der Waals surface area (Å²) < 4.78 is 11.3. The molecule has 0 radical (unpaired) electrons. The third-order valence-electron chi connectivity index (χ3n) is 4.10. The molecule has 0 N–H and O–H groups in total. The Labute approximate surface area is 131 Å². The third kappa shape index (κ3) is 3.40. The van der Waals surface area contributed by atoms with Crippen LogP contribution in [-0.4, -0.2) is 22.1 Å². The zero-order valence-corrected chi connectivity index (χ0v) is 14.1. The fraction of sp³-hybridized carbons (Fsp3) is 0.647. The third-order valence-corrected chi connectivity index (χ3v) is 4.10. The second-order valence-corrected chi connectivity index (χ2v) is 7.56. The molecule has 0 amide bonds. The first kappa shape index (κ1) is 15.3. The summed E-state index contributed by atoms with van der Waals surface area (Å²) >= 11 is 0. The quantitative estimate of drug-likeness (QED) is 0.842. The van der Waals surface area contributed by atoms with Gasteiger partial charge in [-0.1, -0.05) is 32.9 Å². The van der Waals surface area contributed by atoms with Crippen LogP contribution in [0.1, 0.15) is 63.3 Å². The van der Waals surface area contributed by atoms with Crippen LogP contribution in [0.3, 0.4) is 0 Å². The molecule has 2 heterocycles. The maximum Gasteiger partial charge on any atom is 0.232 e. The van der Waals surface area contributed by atoms with E-state index >= 15 is 0 Å². The largest absolute Gasteiger partial charge is 0.464 e. The molecule has 1 aliphatic rings. The summed E-state index contributed by atoms with van der Waals surface area (Å²) in [4.78, 5) is 6.60. The summed E-state index contributed by atoms with van der Waals surface area (Å²) in [6, 6.07) is 4.19. The van der Waals surface area contributed by atoms with Gasteiger partial charge in [0.15, 0.2) is 5.82 Å². The van der Waals surface area contributed by atoms with Crippen molar-refractivity contribution in [1.82, 2.24) is 15.0 Å². The van der Waals surface area contributed by atoms with Crippen LogP contribution < -0.4 is 0 Å². The molecule has 5 nitrogen and oxygen atoms in total. The summed E-state index contributed by atoms with van der Waals surface area (Å²) in [7, 11) is 2.04. The predicted molar refractivity (Wildman–Crippen MR) is 83.4 cm³/mol. The standard InChI is InChI=1S/C17H25N3O2/c1-11-8-13(11)14-7-6-12(21-14)9-20(5)10-15-18-16(22-19-15)17(2,3)4/h6-7,11,13H,8-10H2,1-5H3/t11-,13+/m0/s1. The second kappa shape index (κ2) is 5.54. The van der Waals surface area contributed by atoms with Gasteiger partial charge in [0, 0.05) is 11.3 Å². The Morgan fingerprint density at radius 3 is 2.59 bits per heavy atom. The number of nitrogens with zero attached hydrogens (tertiary/aromatic N) is 3. The van der Waals surface area contributed by atoms with Gasteiger partial charge in [0.1, 0.15) is 11.5 Å². The van der Waals surface area contributed by atoms with Crippen molar-refractivity contribution in [2.24, 2.45) is 5.92 Å². The van der Waals surface area contributed by atoms with E-state index in [2.05, 4.69) is 54.9 Å². The Bertz CT molecular complexity index is 638. The molecule has 0 spiro atoms. The smallest absolute Gasteiger partial charge is 0.232 e. The van der Waals surface area contributed by atoms with Gasteiger partial charge in [0.05, 0.1) is 13.1 Å². The molecule has 5 heteroatoms. The number of aromatic nitrogens is 2. The minimum atomic E-state index is -0.110. The first-order valence-electron chi connectivity index (χ1n) is 7.93. The van der Waals surface area contributed by atoms with Crippen molar-refractivity contribution in [3.05, 3.63) is 35.4 Å². The molecule has 1 aliphatic carbocycles. The van der Waals surface area contributed by atoms with Crippen LogP contribution in [0.2, 0.25) is 0 Å². The monoisotopic (exact) mass is 303 g/mol. The lowest BCUT2D eigenvalue weighted by molar-refractivity contribution is 0.269. The summed E-state index contributed by atoms with van der Waals surface area (Å²) in [6.07, 6.45) is 1.25. The molecule has 0 saturated heterocycles. The van der Waals surface area contributed by atoms with E-state index in [-0.39, 0.29) is 5.41 Å². The molecule has 2 atom stereocenters. The summed E-state index contributed by atoms with van der Waals surface area (Å²) in [5.41, 5.74) is -0.110. The van der Waals surface area contributed by atoms with E-state index in [1.165, 1.54) is 6.42 Å². The summed E-state index contributed by atoms with van der Waals surface area (Å²) in [6.45, 7) is 9.86. The Morgan fingerprint density at radius 1 is 1.27 bits per heavy atom. The molecular weight excluding hydrogens is 278 g/mol. The van der Waals surface area contributed by atoms with E-state index in [0.29, 0.717) is 18.4 Å². The molecule has 2 aromatic heterocycles. The first-order chi connectivity index (χ1) is 10.3. The Balaban J connectivity index is 1.57. The molecular formula is C17H25N3O2. The minimum Gasteiger partial charge on any atom is -0.464 e. The van der Waals surface area contributed by atoms with Crippen molar-refractivity contribution >= 4 is 0 Å². The number of rotatable bonds is 5. The maximum absolute atomic E-state index is 5.94. The molecule has 0 unspecified atom stereocenters. The lowest BCUT2D eigenvalue weighted by Crippen LogP contribution is -2.18. The average Bonchev–Trinajstić information content (AvgIpc) is 2.84. The SMILES string of the molecule is C[C@H]1C[C@H]1c1ccc(CN(C)Cc2noc(C(C)(C)C)n2)o1. The molecule has 1 fully saturated rings. The molecule has 1 saturated carbocycles. The number of hydrogen-bond donors (Lipinski definition) is 0. The predicted octanol–water partition coefficient (Wildman–Crippen LogP) is 3.72. The normalized spacial score (nSPS) is 21.5. The van der Waals surface area contributed by atoms with Gasteiger partial charge in [-0.3, -0.25) is 4.90 Å². The van der Waals surface area contributed by atoms with Crippen LogP contribution in [0, 0.1) is 5.92 Å². The van der Waals surface area contributed by atoms with Crippen LogP contribution in [0.5, 0.6) is 0 Å². The minimum absolute atomic E-state index is 0.110. The fourth-order valence-electron chi connectivity index (χ4n) is 2.58. The van der Waals surface area contributed by atoms with Gasteiger partial charge in [-0.15, -0.1) is 0 Å². The molecule has 22 heavy (non-hydrogen) atoms. The lowest BCUT2D eigenvalue weighted by atomic mass is 9.97. The topological polar surface area (TPSA) is 55.3 Å². The van der Waals surface area contributed by atoms with Crippen LogP contribution in [0.25, 0.3) is 0 Å². The van der Waals surface area contributed by atoms with E-state index in [4.69, 9.17) is 8.94 Å². The highest BCUT2D eigenvalue weighted by Crippen LogP contribution is 2.47. The Kier molecular flexibility index (Phi) is 3.85. The van der Waals surface area contributed by atoms with Gasteiger partial charge in [-0.2, -0.15) is 4.98 Å². The Morgan fingerprint density at radius 2 is 2.00 bits per heavy atom. The van der Waals surface area contributed by atoms with Crippen molar-refractivity contribution in [3.8, 4) is 0 Å². The van der Waals surface area contributed by atoms with E-state index < -0.39 is 0 Å². The van der Waals surface area contributed by atoms with Crippen LogP contribution in [-0.2, 0) is 18.5 Å². The van der Waals surface area contributed by atoms with Gasteiger partial charge < -0.3 is 8.94 Å². The first-order valence-corrected chi connectivity index (χ1v) is 7.93. The molecule has 0 aromatic carbocycles. The van der Waals surface area contributed by atoms with Crippen molar-refractivity contribution < 1.29 is 8.94 Å². The van der Waals surface area contributed by atoms with Crippen molar-refractivity contribution in [2.45, 2.75) is 58.5 Å². The summed E-state index contributed by atoms with van der Waals surface area (Å²) in [5.74, 6) is 4.92. The van der Waals surface area contributed by atoms with E-state index in [0.717, 1.165) is 29.8 Å². The zero-order chi connectivity index (χ0) is 15.9. The highest BCUT2D eigenvalue weighted by atomic mass is 16.5. The van der Waals surface area contributed by atoms with Gasteiger partial charge >= 0.3 is 0 Å². The Hall–Kier alpha value is -1.62. The van der Waals surface area contributed by atoms with Crippen LogP contribution in [0.4, 0.5) is 0 Å². The molecule has 120 valence electrons. The van der Waals surface area contributed by atoms with Gasteiger partial charge in [0.2, 0.25) is 5.89 Å². The molecule has 3 rings (SSSR count). The van der Waals surface area contributed by atoms with E-state index in [1.807, 2.05) is 7.05 Å². The van der Waals surface area contributed by atoms with Gasteiger partial charge in [-0.25, -0.2) is 0 Å². The zero-order valence-electron chi connectivity index (χ0n) is 14.1. The highest BCUT2D eigenvalue weighted by Gasteiger charge is 2.36. The van der Waals surface area contributed by atoms with Crippen molar-refractivity contribution in [2.75, 3.05) is 7.05 Å². The lowest BCUT2D eigenvalue weighted by Gasteiger charge is -2.12. The molecule has 0 aliphatic heterocycles. The second-order valence-electron chi connectivity index (χ2n) is 7.56. The van der Waals surface area contributed by atoms with Crippen molar-refractivity contribution in [3.63, 3.8) is 0 Å². The number of hydrogen-bond acceptors (Lipinski definition) is 5. The fourth-order valence-corrected chi connectivity index (χ4v) is 2.58.